The second-order valence-corrected chi connectivity index (χ2v) is 4.93. The summed E-state index contributed by atoms with van der Waals surface area (Å²) in [6, 6.07) is 5.73. The van der Waals surface area contributed by atoms with Gasteiger partial charge in [-0.25, -0.2) is 0 Å². The number of esters is 1. The zero-order valence-corrected chi connectivity index (χ0v) is 11.3. The molecule has 2 aromatic rings. The van der Waals surface area contributed by atoms with Crippen molar-refractivity contribution in [3.63, 3.8) is 0 Å². The van der Waals surface area contributed by atoms with Crippen LogP contribution < -0.4 is 10.6 Å². The Bertz CT molecular complexity index is 639. The summed E-state index contributed by atoms with van der Waals surface area (Å²) < 4.78 is 6.56. The number of pyridine rings is 1. The van der Waals surface area contributed by atoms with Gasteiger partial charge in [-0.3, -0.25) is 4.79 Å². The lowest BCUT2D eigenvalue weighted by Gasteiger charge is -2.32. The normalized spacial score (nSPS) is 19.2. The van der Waals surface area contributed by atoms with Gasteiger partial charge < -0.3 is 15.4 Å². The molecule has 1 saturated heterocycles. The van der Waals surface area contributed by atoms with Crippen molar-refractivity contribution in [3.05, 3.63) is 18.2 Å². The highest BCUT2D eigenvalue weighted by Gasteiger charge is 2.27. The Balaban J connectivity index is 1.92. The molecule has 1 fully saturated rings. The lowest BCUT2D eigenvalue weighted by molar-refractivity contribution is -0.145. The van der Waals surface area contributed by atoms with Crippen LogP contribution in [0, 0.1) is 5.92 Å². The van der Waals surface area contributed by atoms with Gasteiger partial charge >= 0.3 is 5.97 Å². The average molecular weight is 275 g/mol. The molecule has 2 aromatic heterocycles. The molecule has 1 aliphatic heterocycles. The Hall–Kier alpha value is -2.31. The number of nitrogens with zero attached hydrogens (tertiary/aromatic N) is 4. The molecule has 0 bridgehead atoms. The number of nitrogen functional groups attached to an aromatic ring is 1. The molecule has 3 rings (SSSR count). The van der Waals surface area contributed by atoms with E-state index in [1.54, 1.807) is 4.52 Å². The number of rotatable bonds is 2. The van der Waals surface area contributed by atoms with Crippen molar-refractivity contribution in [2.45, 2.75) is 12.8 Å². The smallest absolute Gasteiger partial charge is 0.310 e. The van der Waals surface area contributed by atoms with Gasteiger partial charge in [0.1, 0.15) is 5.82 Å². The predicted molar refractivity (Wildman–Crippen MR) is 74.4 cm³/mol. The van der Waals surface area contributed by atoms with Gasteiger partial charge in [-0.1, -0.05) is 6.07 Å². The highest BCUT2D eigenvalue weighted by Crippen LogP contribution is 2.24. The first-order valence-electron chi connectivity index (χ1n) is 6.63. The molecule has 7 heteroatoms. The van der Waals surface area contributed by atoms with Crippen molar-refractivity contribution in [1.29, 1.82) is 0 Å². The zero-order valence-electron chi connectivity index (χ0n) is 11.3. The van der Waals surface area contributed by atoms with E-state index in [1.807, 2.05) is 18.2 Å². The number of fused-ring (bicyclic) bond motifs is 1. The van der Waals surface area contributed by atoms with Crippen LogP contribution in [0.1, 0.15) is 12.8 Å². The van der Waals surface area contributed by atoms with E-state index in [9.17, 15) is 4.79 Å². The number of ether oxygens (including phenoxy) is 1. The van der Waals surface area contributed by atoms with Crippen LogP contribution in [0.2, 0.25) is 0 Å². The first kappa shape index (κ1) is 12.7. The quantitative estimate of drug-likeness (QED) is 0.812. The molecule has 106 valence electrons. The summed E-state index contributed by atoms with van der Waals surface area (Å²) in [5, 5.41) is 4.20. The van der Waals surface area contributed by atoms with Crippen molar-refractivity contribution >= 4 is 23.4 Å². The van der Waals surface area contributed by atoms with Crippen LogP contribution in [0.25, 0.3) is 5.65 Å². The third-order valence-electron chi connectivity index (χ3n) is 3.64. The summed E-state index contributed by atoms with van der Waals surface area (Å²) in [7, 11) is 1.43. The molecule has 1 atom stereocenters. The standard InChI is InChI=1S/C13H17N5O2/c1-20-12(19)9-4-3-7-17(8-9)11-6-2-5-10-15-13(14)16-18(10)11/h2,5-6,9H,3-4,7-8H2,1H3,(H2,14,16). The molecule has 1 unspecified atom stereocenters. The van der Waals surface area contributed by atoms with Gasteiger partial charge in [0, 0.05) is 13.1 Å². The zero-order chi connectivity index (χ0) is 14.1. The first-order valence-corrected chi connectivity index (χ1v) is 6.63. The Labute approximate surface area is 116 Å². The van der Waals surface area contributed by atoms with E-state index in [0.29, 0.717) is 12.2 Å². The van der Waals surface area contributed by atoms with E-state index in [-0.39, 0.29) is 17.8 Å². The number of carbonyl (C=O) groups is 1. The van der Waals surface area contributed by atoms with Crippen LogP contribution in [0.5, 0.6) is 0 Å². The monoisotopic (exact) mass is 275 g/mol. The highest BCUT2D eigenvalue weighted by atomic mass is 16.5. The molecular formula is C13H17N5O2. The van der Waals surface area contributed by atoms with Gasteiger partial charge in [-0.2, -0.15) is 9.50 Å². The summed E-state index contributed by atoms with van der Waals surface area (Å²) >= 11 is 0. The van der Waals surface area contributed by atoms with Gasteiger partial charge in [-0.05, 0) is 25.0 Å². The number of hydrogen-bond acceptors (Lipinski definition) is 6. The minimum Gasteiger partial charge on any atom is -0.469 e. The van der Waals surface area contributed by atoms with Crippen molar-refractivity contribution < 1.29 is 9.53 Å². The van der Waals surface area contributed by atoms with E-state index in [0.717, 1.165) is 25.2 Å². The molecule has 20 heavy (non-hydrogen) atoms. The van der Waals surface area contributed by atoms with Gasteiger partial charge in [0.05, 0.1) is 13.0 Å². The first-order chi connectivity index (χ1) is 9.69. The lowest BCUT2D eigenvalue weighted by atomic mass is 9.98. The maximum absolute atomic E-state index is 11.7. The Kier molecular flexibility index (Phi) is 3.17. The second kappa shape index (κ2) is 4.99. The summed E-state index contributed by atoms with van der Waals surface area (Å²) in [5.41, 5.74) is 6.36. The molecule has 0 spiro atoms. The number of piperidine rings is 1. The van der Waals surface area contributed by atoms with Crippen molar-refractivity contribution in [2.75, 3.05) is 30.8 Å². The number of hydrogen-bond donors (Lipinski definition) is 1. The number of aromatic nitrogens is 3. The highest BCUT2D eigenvalue weighted by molar-refractivity contribution is 5.73. The maximum atomic E-state index is 11.7. The Morgan fingerprint density at radius 2 is 2.35 bits per heavy atom. The van der Waals surface area contributed by atoms with Gasteiger partial charge in [0.25, 0.3) is 0 Å². The molecule has 3 heterocycles. The third kappa shape index (κ3) is 2.15. The Morgan fingerprint density at radius 3 is 3.15 bits per heavy atom. The largest absolute Gasteiger partial charge is 0.469 e. The number of nitrogens with two attached hydrogens (primary N) is 1. The van der Waals surface area contributed by atoms with Crippen molar-refractivity contribution in [3.8, 4) is 0 Å². The van der Waals surface area contributed by atoms with Crippen molar-refractivity contribution in [2.24, 2.45) is 5.92 Å². The van der Waals surface area contributed by atoms with E-state index < -0.39 is 0 Å². The number of methoxy groups -OCH3 is 1. The van der Waals surface area contributed by atoms with Crippen LogP contribution in [-0.4, -0.2) is 40.8 Å². The van der Waals surface area contributed by atoms with Gasteiger partial charge in [0.2, 0.25) is 5.95 Å². The van der Waals surface area contributed by atoms with Gasteiger partial charge in [0.15, 0.2) is 5.65 Å². The van der Waals surface area contributed by atoms with E-state index in [2.05, 4.69) is 15.0 Å². The third-order valence-corrected chi connectivity index (χ3v) is 3.64. The number of carbonyl (C=O) groups excluding carboxylic acids is 1. The SMILES string of the molecule is COC(=O)C1CCCN(c2cccc3nc(N)nn23)C1. The molecule has 2 N–H and O–H groups in total. The summed E-state index contributed by atoms with van der Waals surface area (Å²) in [6.07, 6.45) is 1.80. The van der Waals surface area contributed by atoms with E-state index >= 15 is 0 Å². The topological polar surface area (TPSA) is 85.8 Å². The molecule has 7 nitrogen and oxygen atoms in total. The van der Waals surface area contributed by atoms with Crippen LogP contribution in [0.4, 0.5) is 11.8 Å². The molecular weight excluding hydrogens is 258 g/mol. The maximum Gasteiger partial charge on any atom is 0.310 e. The Morgan fingerprint density at radius 1 is 1.50 bits per heavy atom. The van der Waals surface area contributed by atoms with Crippen LogP contribution in [0.3, 0.4) is 0 Å². The fourth-order valence-corrected chi connectivity index (χ4v) is 2.69. The second-order valence-electron chi connectivity index (χ2n) is 4.93. The molecule has 1 aliphatic rings. The van der Waals surface area contributed by atoms with Crippen molar-refractivity contribution in [1.82, 2.24) is 14.6 Å². The van der Waals surface area contributed by atoms with Gasteiger partial charge in [-0.15, -0.1) is 5.10 Å². The molecule has 0 aliphatic carbocycles. The predicted octanol–water partition coefficient (Wildman–Crippen LogP) is 0.701. The average Bonchev–Trinajstić information content (AvgIpc) is 2.86. The lowest BCUT2D eigenvalue weighted by Crippen LogP contribution is -2.40. The molecule has 0 radical (unpaired) electrons. The van der Waals surface area contributed by atoms with Crippen LogP contribution in [0.15, 0.2) is 18.2 Å². The minimum absolute atomic E-state index is 0.0927. The molecule has 0 aromatic carbocycles. The minimum atomic E-state index is -0.153. The fraction of sp³-hybridized carbons (Fsp3) is 0.462. The summed E-state index contributed by atoms with van der Waals surface area (Å²) in [5.74, 6) is 0.907. The van der Waals surface area contributed by atoms with Crippen LogP contribution in [-0.2, 0) is 9.53 Å². The summed E-state index contributed by atoms with van der Waals surface area (Å²) in [4.78, 5) is 18.0. The fourth-order valence-electron chi connectivity index (χ4n) is 2.69. The molecule has 0 saturated carbocycles. The van der Waals surface area contributed by atoms with E-state index in [1.165, 1.54) is 7.11 Å². The number of anilines is 2. The van der Waals surface area contributed by atoms with Crippen LogP contribution >= 0.6 is 0 Å². The molecule has 0 amide bonds. The summed E-state index contributed by atoms with van der Waals surface area (Å²) in [6.45, 7) is 1.51. The van der Waals surface area contributed by atoms with E-state index in [4.69, 9.17) is 10.5 Å².